The Morgan fingerprint density at radius 2 is 1.88 bits per heavy atom. The zero-order chi connectivity index (χ0) is 17.6. The Balaban J connectivity index is 1.72. The highest BCUT2D eigenvalue weighted by atomic mass is 35.5. The van der Waals surface area contributed by atoms with E-state index < -0.39 is 0 Å². The van der Waals surface area contributed by atoms with Gasteiger partial charge in [-0.3, -0.25) is 4.99 Å². The Morgan fingerprint density at radius 1 is 1.16 bits per heavy atom. The summed E-state index contributed by atoms with van der Waals surface area (Å²) in [6.45, 7) is 6.41. The summed E-state index contributed by atoms with van der Waals surface area (Å²) in [5.41, 5.74) is 2.39. The van der Waals surface area contributed by atoms with Gasteiger partial charge in [0.15, 0.2) is 5.96 Å². The van der Waals surface area contributed by atoms with Gasteiger partial charge in [-0.15, -0.1) is 0 Å². The largest absolute Gasteiger partial charge is 0.337 e. The second-order valence-corrected chi connectivity index (χ2v) is 7.11. The number of guanidine groups is 1. The summed E-state index contributed by atoms with van der Waals surface area (Å²) >= 11 is 5.99. The number of nitrogens with zero attached hydrogens (tertiary/aromatic N) is 2. The number of rotatable bonds is 6. The lowest BCUT2D eigenvalue weighted by Gasteiger charge is -2.32. The molecule has 1 N–H and O–H groups in total. The van der Waals surface area contributed by atoms with Crippen LogP contribution in [-0.4, -0.2) is 30.0 Å². The third kappa shape index (κ3) is 4.55. The number of hydrogen-bond donors (Lipinski definition) is 1. The molecule has 1 heterocycles. The predicted molar refractivity (Wildman–Crippen MR) is 107 cm³/mol. The predicted octanol–water partition coefficient (Wildman–Crippen LogP) is 5.08. The van der Waals surface area contributed by atoms with Crippen molar-refractivity contribution in [1.82, 2.24) is 4.90 Å². The lowest BCUT2D eigenvalue weighted by atomic mass is 9.98. The van der Waals surface area contributed by atoms with Gasteiger partial charge in [0.2, 0.25) is 0 Å². The highest BCUT2D eigenvalue weighted by molar-refractivity contribution is 6.30. The van der Waals surface area contributed by atoms with Crippen LogP contribution in [0.15, 0.2) is 59.6 Å². The second-order valence-electron chi connectivity index (χ2n) is 6.68. The molecule has 0 saturated carbocycles. The lowest BCUT2D eigenvalue weighted by Crippen LogP contribution is -2.44. The van der Waals surface area contributed by atoms with Crippen LogP contribution in [0.5, 0.6) is 0 Å². The molecule has 0 bridgehead atoms. The minimum absolute atomic E-state index is 0.462. The number of nitrogens with one attached hydrogen (secondary N) is 1. The fourth-order valence-electron chi connectivity index (χ4n) is 3.23. The molecule has 132 valence electrons. The van der Waals surface area contributed by atoms with Crippen LogP contribution in [0.2, 0.25) is 5.02 Å². The molecule has 0 radical (unpaired) electrons. The molecule has 0 amide bonds. The van der Waals surface area contributed by atoms with Crippen LogP contribution in [-0.2, 0) is 6.42 Å². The first-order chi connectivity index (χ1) is 12.2. The average molecular weight is 356 g/mol. The summed E-state index contributed by atoms with van der Waals surface area (Å²) in [4.78, 5) is 7.24. The maximum absolute atomic E-state index is 5.99. The van der Waals surface area contributed by atoms with Gasteiger partial charge in [0, 0.05) is 17.3 Å². The van der Waals surface area contributed by atoms with Crippen molar-refractivity contribution in [2.75, 3.05) is 18.4 Å². The molecule has 0 saturated heterocycles. The maximum Gasteiger partial charge on any atom is 0.198 e. The minimum atomic E-state index is 0.462. The van der Waals surface area contributed by atoms with Gasteiger partial charge < -0.3 is 10.2 Å². The summed E-state index contributed by atoms with van der Waals surface area (Å²) in [5.74, 6) is 1.59. The topological polar surface area (TPSA) is 27.6 Å². The Bertz CT molecular complexity index is 697. The van der Waals surface area contributed by atoms with Crippen molar-refractivity contribution in [2.45, 2.75) is 32.7 Å². The fraction of sp³-hybridized carbons (Fsp3) is 0.381. The van der Waals surface area contributed by atoms with E-state index in [4.69, 9.17) is 16.6 Å². The van der Waals surface area contributed by atoms with E-state index in [1.165, 1.54) is 5.56 Å². The van der Waals surface area contributed by atoms with Gasteiger partial charge >= 0.3 is 0 Å². The Labute approximate surface area is 155 Å². The van der Waals surface area contributed by atoms with Crippen LogP contribution in [0.1, 0.15) is 25.8 Å². The lowest BCUT2D eigenvalue weighted by molar-refractivity contribution is 0.260. The molecule has 3 rings (SSSR count). The van der Waals surface area contributed by atoms with Gasteiger partial charge in [-0.05, 0) is 42.2 Å². The highest BCUT2D eigenvalue weighted by Gasteiger charge is 2.30. The maximum atomic E-state index is 5.99. The fourth-order valence-corrected chi connectivity index (χ4v) is 3.35. The van der Waals surface area contributed by atoms with Crippen LogP contribution >= 0.6 is 11.6 Å². The third-order valence-corrected chi connectivity index (χ3v) is 5.24. The molecule has 0 aromatic heterocycles. The molecule has 25 heavy (non-hydrogen) atoms. The van der Waals surface area contributed by atoms with Crippen molar-refractivity contribution in [3.8, 4) is 0 Å². The van der Waals surface area contributed by atoms with Crippen molar-refractivity contribution >= 4 is 23.2 Å². The van der Waals surface area contributed by atoms with Crippen molar-refractivity contribution in [3.63, 3.8) is 0 Å². The van der Waals surface area contributed by atoms with Gasteiger partial charge in [-0.25, -0.2) is 0 Å². The molecular weight excluding hydrogens is 330 g/mol. The smallest absolute Gasteiger partial charge is 0.198 e. The first-order valence-electron chi connectivity index (χ1n) is 9.05. The molecule has 0 aliphatic carbocycles. The number of anilines is 1. The van der Waals surface area contributed by atoms with Crippen molar-refractivity contribution in [3.05, 3.63) is 65.2 Å². The molecule has 2 atom stereocenters. The standard InChI is InChI=1S/C21H26ClN3/c1-3-16(2)20-15-23-21(24-19-11-9-18(22)10-12-19)25(20)14-13-17-7-5-4-6-8-17/h4-12,16,20H,3,13-15H2,1-2H3,(H,23,24)/t16?,20-/m1/s1. The van der Waals surface area contributed by atoms with Crippen molar-refractivity contribution in [1.29, 1.82) is 0 Å². The van der Waals surface area contributed by atoms with Gasteiger partial charge in [-0.1, -0.05) is 62.2 Å². The van der Waals surface area contributed by atoms with E-state index in [-0.39, 0.29) is 0 Å². The summed E-state index contributed by atoms with van der Waals surface area (Å²) < 4.78 is 0. The average Bonchev–Trinajstić information content (AvgIpc) is 3.04. The number of hydrogen-bond acceptors (Lipinski definition) is 3. The van der Waals surface area contributed by atoms with E-state index in [0.717, 1.165) is 42.6 Å². The Morgan fingerprint density at radius 3 is 2.56 bits per heavy atom. The van der Waals surface area contributed by atoms with E-state index in [2.05, 4.69) is 54.4 Å². The first kappa shape index (κ1) is 17.8. The summed E-state index contributed by atoms with van der Waals surface area (Å²) in [6, 6.07) is 18.9. The van der Waals surface area contributed by atoms with Gasteiger partial charge in [-0.2, -0.15) is 0 Å². The van der Waals surface area contributed by atoms with E-state index in [1.54, 1.807) is 0 Å². The van der Waals surface area contributed by atoms with Gasteiger partial charge in [0.05, 0.1) is 12.6 Å². The highest BCUT2D eigenvalue weighted by Crippen LogP contribution is 2.23. The van der Waals surface area contributed by atoms with Crippen molar-refractivity contribution in [2.24, 2.45) is 10.9 Å². The molecule has 1 aliphatic heterocycles. The summed E-state index contributed by atoms with van der Waals surface area (Å²) in [6.07, 6.45) is 2.19. The SMILES string of the molecule is CCC(C)[C@H]1CN=C(Nc2ccc(Cl)cc2)N1CCc1ccccc1. The Kier molecular flexibility index (Phi) is 5.98. The van der Waals surface area contributed by atoms with Crippen LogP contribution < -0.4 is 5.32 Å². The molecule has 4 heteroatoms. The summed E-state index contributed by atoms with van der Waals surface area (Å²) in [5, 5.41) is 4.23. The van der Waals surface area contributed by atoms with Crippen LogP contribution in [0, 0.1) is 5.92 Å². The third-order valence-electron chi connectivity index (χ3n) is 4.99. The van der Waals surface area contributed by atoms with Gasteiger partial charge in [0.1, 0.15) is 0 Å². The second kappa shape index (κ2) is 8.39. The molecule has 2 aromatic carbocycles. The van der Waals surface area contributed by atoms with E-state index in [1.807, 2.05) is 24.3 Å². The van der Waals surface area contributed by atoms with Crippen LogP contribution in [0.25, 0.3) is 0 Å². The molecular formula is C21H26ClN3. The minimum Gasteiger partial charge on any atom is -0.337 e. The summed E-state index contributed by atoms with van der Waals surface area (Å²) in [7, 11) is 0. The van der Waals surface area contributed by atoms with E-state index in [9.17, 15) is 0 Å². The molecule has 0 fully saturated rings. The monoisotopic (exact) mass is 355 g/mol. The van der Waals surface area contributed by atoms with Crippen molar-refractivity contribution < 1.29 is 0 Å². The van der Waals surface area contributed by atoms with E-state index in [0.29, 0.717) is 12.0 Å². The molecule has 1 aliphatic rings. The molecule has 2 aromatic rings. The number of benzene rings is 2. The molecule has 1 unspecified atom stereocenters. The quantitative estimate of drug-likeness (QED) is 0.782. The normalized spacial score (nSPS) is 18.1. The Hall–Kier alpha value is -2.00. The zero-order valence-corrected chi connectivity index (χ0v) is 15.7. The number of aliphatic imine (C=N–C) groups is 1. The van der Waals surface area contributed by atoms with Crippen LogP contribution in [0.3, 0.4) is 0 Å². The zero-order valence-electron chi connectivity index (χ0n) is 15.0. The molecule has 0 spiro atoms. The molecule has 3 nitrogen and oxygen atoms in total. The number of halogens is 1. The first-order valence-corrected chi connectivity index (χ1v) is 9.42. The van der Waals surface area contributed by atoms with Crippen LogP contribution in [0.4, 0.5) is 5.69 Å². The van der Waals surface area contributed by atoms with Gasteiger partial charge in [0.25, 0.3) is 0 Å². The van der Waals surface area contributed by atoms with E-state index >= 15 is 0 Å².